The highest BCUT2D eigenvalue weighted by atomic mass is 16.5. The van der Waals surface area contributed by atoms with E-state index in [4.69, 9.17) is 4.74 Å². The first-order valence-corrected chi connectivity index (χ1v) is 9.11. The van der Waals surface area contributed by atoms with Crippen molar-refractivity contribution in [2.75, 3.05) is 39.7 Å². The van der Waals surface area contributed by atoms with Crippen molar-refractivity contribution in [3.05, 3.63) is 48.5 Å². The van der Waals surface area contributed by atoms with Crippen molar-refractivity contribution in [2.24, 2.45) is 0 Å². The monoisotopic (exact) mass is 369 g/mol. The van der Waals surface area contributed by atoms with Crippen molar-refractivity contribution in [1.82, 2.24) is 9.80 Å². The fraction of sp³-hybridized carbons (Fsp3) is 0.381. The Morgan fingerprint density at radius 1 is 1.22 bits per heavy atom. The second-order valence-electron chi connectivity index (χ2n) is 7.08. The van der Waals surface area contributed by atoms with Crippen LogP contribution in [-0.2, 0) is 0 Å². The first-order chi connectivity index (χ1) is 13.0. The molecule has 6 nitrogen and oxygen atoms in total. The number of likely N-dealkylation sites (N-methyl/N-ethyl adjacent to an activating group) is 1. The number of rotatable bonds is 5. The number of amides is 2. The second-order valence-corrected chi connectivity index (χ2v) is 7.08. The van der Waals surface area contributed by atoms with Gasteiger partial charge in [-0.25, -0.2) is 4.79 Å². The number of carbonyl (C=O) groups excluding carboxylic acids is 1. The van der Waals surface area contributed by atoms with E-state index in [9.17, 15) is 9.90 Å². The van der Waals surface area contributed by atoms with Crippen LogP contribution in [0.3, 0.4) is 0 Å². The van der Waals surface area contributed by atoms with Gasteiger partial charge in [0.05, 0.1) is 19.8 Å². The van der Waals surface area contributed by atoms with Crippen LogP contribution in [0, 0.1) is 0 Å². The highest BCUT2D eigenvalue weighted by Gasteiger charge is 2.35. The van der Waals surface area contributed by atoms with Gasteiger partial charge >= 0.3 is 6.03 Å². The predicted molar refractivity (Wildman–Crippen MR) is 107 cm³/mol. The molecular weight excluding hydrogens is 342 g/mol. The molecule has 2 aromatic rings. The summed E-state index contributed by atoms with van der Waals surface area (Å²) in [5.74, 6) is 0.810. The zero-order valence-electron chi connectivity index (χ0n) is 16.1. The molecule has 0 aliphatic carbocycles. The lowest BCUT2D eigenvalue weighted by atomic mass is 10.1. The first kappa shape index (κ1) is 19.2. The Hall–Kier alpha value is -2.57. The van der Waals surface area contributed by atoms with Crippen LogP contribution < -0.4 is 10.1 Å². The maximum atomic E-state index is 12.7. The number of likely N-dealkylation sites (tertiary alicyclic amines) is 1. The van der Waals surface area contributed by atoms with E-state index in [2.05, 4.69) is 10.2 Å². The minimum Gasteiger partial charge on any atom is -0.497 e. The van der Waals surface area contributed by atoms with Crippen LogP contribution in [0.1, 0.15) is 6.42 Å². The van der Waals surface area contributed by atoms with Crippen LogP contribution in [-0.4, -0.2) is 67.4 Å². The molecule has 2 aromatic carbocycles. The number of anilines is 1. The largest absolute Gasteiger partial charge is 0.497 e. The van der Waals surface area contributed by atoms with E-state index in [-0.39, 0.29) is 24.7 Å². The number of nitrogens with one attached hydrogen (secondary N) is 1. The normalized spacial score (nSPS) is 19.4. The van der Waals surface area contributed by atoms with E-state index < -0.39 is 0 Å². The van der Waals surface area contributed by atoms with Gasteiger partial charge in [0.15, 0.2) is 0 Å². The van der Waals surface area contributed by atoms with Gasteiger partial charge in [0.25, 0.3) is 0 Å². The molecule has 2 atom stereocenters. The molecule has 2 amide bonds. The fourth-order valence-electron chi connectivity index (χ4n) is 3.43. The molecule has 1 aliphatic rings. The van der Waals surface area contributed by atoms with Gasteiger partial charge in [0, 0.05) is 18.3 Å². The molecule has 0 radical (unpaired) electrons. The zero-order chi connectivity index (χ0) is 19.4. The summed E-state index contributed by atoms with van der Waals surface area (Å²) in [5.41, 5.74) is 2.84. The van der Waals surface area contributed by atoms with Crippen LogP contribution in [0.25, 0.3) is 11.1 Å². The fourth-order valence-corrected chi connectivity index (χ4v) is 3.43. The highest BCUT2D eigenvalue weighted by Crippen LogP contribution is 2.26. The van der Waals surface area contributed by atoms with Gasteiger partial charge in [-0.2, -0.15) is 0 Å². The molecule has 3 rings (SSSR count). The molecule has 0 spiro atoms. The Labute approximate surface area is 160 Å². The third kappa shape index (κ3) is 4.40. The lowest BCUT2D eigenvalue weighted by Crippen LogP contribution is -2.41. The molecule has 2 N–H and O–H groups in total. The third-order valence-electron chi connectivity index (χ3n) is 5.13. The topological polar surface area (TPSA) is 65.0 Å². The summed E-state index contributed by atoms with van der Waals surface area (Å²) in [6.07, 6.45) is 0.783. The number of nitrogens with zero attached hydrogens (tertiary/aromatic N) is 2. The van der Waals surface area contributed by atoms with Gasteiger partial charge in [-0.15, -0.1) is 0 Å². The minimum absolute atomic E-state index is 0.0213. The summed E-state index contributed by atoms with van der Waals surface area (Å²) < 4.78 is 5.27. The number of aliphatic hydroxyl groups excluding tert-OH is 1. The highest BCUT2D eigenvalue weighted by molar-refractivity contribution is 5.90. The minimum atomic E-state index is -0.174. The van der Waals surface area contributed by atoms with Gasteiger partial charge in [0.2, 0.25) is 0 Å². The lowest BCUT2D eigenvalue weighted by Gasteiger charge is -2.23. The maximum absolute atomic E-state index is 12.7. The van der Waals surface area contributed by atoms with Crippen LogP contribution in [0.4, 0.5) is 10.5 Å². The van der Waals surface area contributed by atoms with Crippen LogP contribution in [0.2, 0.25) is 0 Å². The van der Waals surface area contributed by atoms with Gasteiger partial charge in [-0.3, -0.25) is 0 Å². The van der Waals surface area contributed by atoms with Crippen LogP contribution >= 0.6 is 0 Å². The number of ether oxygens (including phenoxy) is 1. The number of methoxy groups -OCH3 is 1. The standard InChI is InChI=1S/C21H27N3O3/c1-23(2)18-12-19(14-25)24(13-18)21(26)22-17-9-7-15(8-10-17)16-5-4-6-20(11-16)27-3/h4-11,18-19,25H,12-14H2,1-3H3,(H,22,26)/t18-,19+/m1/s1. The summed E-state index contributed by atoms with van der Waals surface area (Å²) in [5, 5.41) is 12.5. The van der Waals surface area contributed by atoms with E-state index in [1.165, 1.54) is 0 Å². The van der Waals surface area contributed by atoms with E-state index in [0.29, 0.717) is 6.54 Å². The molecule has 1 fully saturated rings. The molecule has 0 bridgehead atoms. The molecule has 6 heteroatoms. The quantitative estimate of drug-likeness (QED) is 0.851. The number of hydrogen-bond donors (Lipinski definition) is 2. The second kappa shape index (κ2) is 8.41. The number of benzene rings is 2. The SMILES string of the molecule is COc1cccc(-c2ccc(NC(=O)N3C[C@H](N(C)C)C[C@H]3CO)cc2)c1. The number of carbonyl (C=O) groups is 1. The smallest absolute Gasteiger partial charge is 0.322 e. The summed E-state index contributed by atoms with van der Waals surface area (Å²) >= 11 is 0. The van der Waals surface area contributed by atoms with E-state index in [1.807, 2.05) is 62.6 Å². The van der Waals surface area contributed by atoms with Gasteiger partial charge in [-0.1, -0.05) is 24.3 Å². The Balaban J connectivity index is 1.68. The average Bonchev–Trinajstić information content (AvgIpc) is 3.13. The van der Waals surface area contributed by atoms with Crippen LogP contribution in [0.15, 0.2) is 48.5 Å². The zero-order valence-corrected chi connectivity index (χ0v) is 16.1. The van der Waals surface area contributed by atoms with Crippen LogP contribution in [0.5, 0.6) is 5.75 Å². The molecule has 0 unspecified atom stereocenters. The molecule has 1 saturated heterocycles. The Bertz CT molecular complexity index is 776. The summed E-state index contributed by atoms with van der Waals surface area (Å²) in [6, 6.07) is 15.5. The van der Waals surface area contributed by atoms with Gasteiger partial charge < -0.3 is 25.0 Å². The third-order valence-corrected chi connectivity index (χ3v) is 5.13. The van der Waals surface area contributed by atoms with Crippen molar-refractivity contribution in [1.29, 1.82) is 0 Å². The molecule has 1 aliphatic heterocycles. The van der Waals surface area contributed by atoms with Crippen molar-refractivity contribution < 1.29 is 14.6 Å². The summed E-state index contributed by atoms with van der Waals surface area (Å²) in [6.45, 7) is 0.596. The van der Waals surface area contributed by atoms with Crippen molar-refractivity contribution in [3.8, 4) is 16.9 Å². The maximum Gasteiger partial charge on any atom is 0.322 e. The molecular formula is C21H27N3O3. The molecule has 27 heavy (non-hydrogen) atoms. The predicted octanol–water partition coefficient (Wildman–Crippen LogP) is 2.89. The lowest BCUT2D eigenvalue weighted by molar-refractivity contribution is 0.166. The number of hydrogen-bond acceptors (Lipinski definition) is 4. The molecule has 1 heterocycles. The van der Waals surface area contributed by atoms with Crippen molar-refractivity contribution in [2.45, 2.75) is 18.5 Å². The van der Waals surface area contributed by atoms with Gasteiger partial charge in [0.1, 0.15) is 5.75 Å². The number of aliphatic hydroxyl groups is 1. The Morgan fingerprint density at radius 3 is 2.59 bits per heavy atom. The van der Waals surface area contributed by atoms with E-state index in [1.54, 1.807) is 12.0 Å². The van der Waals surface area contributed by atoms with E-state index >= 15 is 0 Å². The van der Waals surface area contributed by atoms with Crippen molar-refractivity contribution in [3.63, 3.8) is 0 Å². The van der Waals surface area contributed by atoms with E-state index in [0.717, 1.165) is 29.0 Å². The number of urea groups is 1. The Morgan fingerprint density at radius 2 is 1.96 bits per heavy atom. The first-order valence-electron chi connectivity index (χ1n) is 9.11. The summed E-state index contributed by atoms with van der Waals surface area (Å²) in [4.78, 5) is 16.5. The molecule has 144 valence electrons. The molecule has 0 aromatic heterocycles. The summed E-state index contributed by atoms with van der Waals surface area (Å²) in [7, 11) is 5.65. The average molecular weight is 369 g/mol. The molecule has 0 saturated carbocycles. The van der Waals surface area contributed by atoms with Crippen molar-refractivity contribution >= 4 is 11.7 Å². The Kier molecular flexibility index (Phi) is 5.98. The van der Waals surface area contributed by atoms with Gasteiger partial charge in [-0.05, 0) is 55.9 Å².